The van der Waals surface area contributed by atoms with Crippen LogP contribution in [-0.2, 0) is 14.8 Å². The Bertz CT molecular complexity index is 932. The lowest BCUT2D eigenvalue weighted by Gasteiger charge is -2.18. The molecule has 0 radical (unpaired) electrons. The molecule has 2 aromatic rings. The molecule has 0 aliphatic rings. The number of likely N-dealkylation sites (N-methyl/N-ethyl adjacent to an activating group) is 1. The number of carbonyl (C=O) groups excluding carboxylic acids is 1. The van der Waals surface area contributed by atoms with Crippen molar-refractivity contribution in [3.05, 3.63) is 53.6 Å². The summed E-state index contributed by atoms with van der Waals surface area (Å²) in [4.78, 5) is 12.0. The lowest BCUT2D eigenvalue weighted by atomic mass is 10.2. The largest absolute Gasteiger partial charge is 0.496 e. The molecule has 0 heterocycles. The van der Waals surface area contributed by atoms with E-state index in [4.69, 9.17) is 4.74 Å². The number of rotatable bonds is 6. The first-order chi connectivity index (χ1) is 12.1. The van der Waals surface area contributed by atoms with Crippen molar-refractivity contribution in [1.82, 2.24) is 4.31 Å². The number of sulfonamides is 1. The van der Waals surface area contributed by atoms with Crippen molar-refractivity contribution < 1.29 is 26.7 Å². The van der Waals surface area contributed by atoms with Crippen molar-refractivity contribution in [1.29, 1.82) is 0 Å². The Morgan fingerprint density at radius 3 is 2.50 bits per heavy atom. The molecule has 26 heavy (non-hydrogen) atoms. The van der Waals surface area contributed by atoms with Crippen LogP contribution < -0.4 is 10.1 Å². The van der Waals surface area contributed by atoms with Gasteiger partial charge in [-0.3, -0.25) is 4.79 Å². The number of amides is 1. The predicted octanol–water partition coefficient (Wildman–Crippen LogP) is 2.54. The van der Waals surface area contributed by atoms with Gasteiger partial charge in [0.1, 0.15) is 17.4 Å². The zero-order valence-electron chi connectivity index (χ0n) is 14.4. The van der Waals surface area contributed by atoms with Gasteiger partial charge in [0.05, 0.1) is 24.2 Å². The Kier molecular flexibility index (Phi) is 5.94. The van der Waals surface area contributed by atoms with E-state index in [1.807, 2.05) is 0 Å². The first-order valence-corrected chi connectivity index (χ1v) is 8.95. The molecule has 0 aliphatic heterocycles. The van der Waals surface area contributed by atoms with Crippen molar-refractivity contribution in [3.63, 3.8) is 0 Å². The van der Waals surface area contributed by atoms with Crippen molar-refractivity contribution in [2.45, 2.75) is 11.8 Å². The molecule has 9 heteroatoms. The minimum Gasteiger partial charge on any atom is -0.496 e. The van der Waals surface area contributed by atoms with Gasteiger partial charge in [-0.2, -0.15) is 4.31 Å². The van der Waals surface area contributed by atoms with Crippen LogP contribution in [0.25, 0.3) is 0 Å². The summed E-state index contributed by atoms with van der Waals surface area (Å²) in [5.41, 5.74) is 0.259. The number of aryl methyl sites for hydroxylation is 1. The Hall–Kier alpha value is -2.52. The fraction of sp³-hybridized carbons (Fsp3) is 0.235. The molecule has 0 aliphatic carbocycles. The number of nitrogens with zero attached hydrogens (tertiary/aromatic N) is 1. The molecule has 0 saturated carbocycles. The summed E-state index contributed by atoms with van der Waals surface area (Å²) in [7, 11) is -1.25. The lowest BCUT2D eigenvalue weighted by molar-refractivity contribution is -0.116. The Balaban J connectivity index is 2.14. The highest BCUT2D eigenvalue weighted by Gasteiger charge is 2.24. The van der Waals surface area contributed by atoms with Gasteiger partial charge < -0.3 is 10.1 Å². The van der Waals surface area contributed by atoms with E-state index in [1.54, 1.807) is 6.92 Å². The van der Waals surface area contributed by atoms with Crippen LogP contribution in [-0.4, -0.2) is 39.3 Å². The Labute approximate surface area is 150 Å². The number of hydrogen-bond donors (Lipinski definition) is 1. The summed E-state index contributed by atoms with van der Waals surface area (Å²) >= 11 is 0. The van der Waals surface area contributed by atoms with E-state index in [2.05, 4.69) is 5.32 Å². The quantitative estimate of drug-likeness (QED) is 0.831. The highest BCUT2D eigenvalue weighted by Crippen LogP contribution is 2.23. The SMILES string of the molecule is COc1ccc(S(=O)(=O)N(C)CC(=O)Nc2cc(F)ccc2F)cc1C. The number of hydrogen-bond acceptors (Lipinski definition) is 4. The monoisotopic (exact) mass is 384 g/mol. The number of carbonyl (C=O) groups is 1. The van der Waals surface area contributed by atoms with Crippen LogP contribution in [0, 0.1) is 18.6 Å². The summed E-state index contributed by atoms with van der Waals surface area (Å²) in [5, 5.41) is 2.16. The molecule has 2 rings (SSSR count). The third-order valence-corrected chi connectivity index (χ3v) is 5.44. The van der Waals surface area contributed by atoms with Gasteiger partial charge in [-0.05, 0) is 42.8 Å². The average molecular weight is 384 g/mol. The van der Waals surface area contributed by atoms with Gasteiger partial charge in [0, 0.05) is 13.1 Å². The second kappa shape index (κ2) is 7.79. The smallest absolute Gasteiger partial charge is 0.243 e. The standard InChI is InChI=1S/C17H18F2N2O4S/c1-11-8-13(5-7-16(11)25-3)26(23,24)21(2)10-17(22)20-15-9-12(18)4-6-14(15)19/h4-9H,10H2,1-3H3,(H,20,22). The molecular formula is C17H18F2N2O4S. The van der Waals surface area contributed by atoms with Crippen molar-refractivity contribution in [2.75, 3.05) is 26.0 Å². The van der Waals surface area contributed by atoms with Crippen molar-refractivity contribution >= 4 is 21.6 Å². The Morgan fingerprint density at radius 2 is 1.88 bits per heavy atom. The first kappa shape index (κ1) is 19.8. The number of anilines is 1. The van der Waals surface area contributed by atoms with E-state index in [0.29, 0.717) is 11.3 Å². The number of halogens is 2. The lowest BCUT2D eigenvalue weighted by Crippen LogP contribution is -2.35. The molecule has 0 spiro atoms. The first-order valence-electron chi connectivity index (χ1n) is 7.51. The third-order valence-electron chi connectivity index (χ3n) is 3.64. The molecule has 0 unspecified atom stereocenters. The average Bonchev–Trinajstić information content (AvgIpc) is 2.57. The number of ether oxygens (including phenoxy) is 1. The third kappa shape index (κ3) is 4.36. The maximum atomic E-state index is 13.6. The summed E-state index contributed by atoms with van der Waals surface area (Å²) < 4.78 is 57.7. The molecular weight excluding hydrogens is 366 g/mol. The van der Waals surface area contributed by atoms with E-state index in [1.165, 1.54) is 32.4 Å². The van der Waals surface area contributed by atoms with E-state index in [-0.39, 0.29) is 10.6 Å². The summed E-state index contributed by atoms with van der Waals surface area (Å²) in [6.45, 7) is 1.13. The maximum absolute atomic E-state index is 13.6. The molecule has 140 valence electrons. The highest BCUT2D eigenvalue weighted by atomic mass is 32.2. The molecule has 2 aromatic carbocycles. The molecule has 0 fully saturated rings. The summed E-state index contributed by atoms with van der Waals surface area (Å²) in [6.07, 6.45) is 0. The van der Waals surface area contributed by atoms with Gasteiger partial charge in [0.15, 0.2) is 0 Å². The van der Waals surface area contributed by atoms with Crippen molar-refractivity contribution in [3.8, 4) is 5.75 Å². The highest BCUT2D eigenvalue weighted by molar-refractivity contribution is 7.89. The molecule has 0 saturated heterocycles. The Morgan fingerprint density at radius 1 is 1.19 bits per heavy atom. The zero-order chi connectivity index (χ0) is 19.5. The molecule has 6 nitrogen and oxygen atoms in total. The fourth-order valence-corrected chi connectivity index (χ4v) is 3.47. The van der Waals surface area contributed by atoms with Crippen LogP contribution in [0.2, 0.25) is 0 Å². The van der Waals surface area contributed by atoms with Gasteiger partial charge in [-0.1, -0.05) is 0 Å². The normalized spacial score (nSPS) is 11.5. The number of nitrogens with one attached hydrogen (secondary N) is 1. The molecule has 0 aromatic heterocycles. The van der Waals surface area contributed by atoms with E-state index in [9.17, 15) is 22.0 Å². The van der Waals surface area contributed by atoms with Gasteiger partial charge in [-0.15, -0.1) is 0 Å². The van der Waals surface area contributed by atoms with E-state index in [0.717, 1.165) is 22.5 Å². The van der Waals surface area contributed by atoms with Gasteiger partial charge in [0.25, 0.3) is 0 Å². The predicted molar refractivity (Wildman–Crippen MR) is 92.5 cm³/mol. The second-order valence-electron chi connectivity index (χ2n) is 5.56. The zero-order valence-corrected chi connectivity index (χ0v) is 15.2. The molecule has 0 atom stereocenters. The van der Waals surface area contributed by atoms with E-state index >= 15 is 0 Å². The minimum atomic E-state index is -3.94. The molecule has 1 N–H and O–H groups in total. The van der Waals surface area contributed by atoms with Crippen LogP contribution >= 0.6 is 0 Å². The second-order valence-corrected chi connectivity index (χ2v) is 7.61. The van der Waals surface area contributed by atoms with Crippen molar-refractivity contribution in [2.24, 2.45) is 0 Å². The molecule has 1 amide bonds. The maximum Gasteiger partial charge on any atom is 0.243 e. The van der Waals surface area contributed by atoms with Crippen LogP contribution in [0.4, 0.5) is 14.5 Å². The van der Waals surface area contributed by atoms with Crippen LogP contribution in [0.3, 0.4) is 0 Å². The molecule has 0 bridgehead atoms. The topological polar surface area (TPSA) is 75.7 Å². The summed E-state index contributed by atoms with van der Waals surface area (Å²) in [5.74, 6) is -1.82. The van der Waals surface area contributed by atoms with Gasteiger partial charge in [-0.25, -0.2) is 17.2 Å². The van der Waals surface area contributed by atoms with Crippen LogP contribution in [0.5, 0.6) is 5.75 Å². The number of methoxy groups -OCH3 is 1. The minimum absolute atomic E-state index is 0.0111. The fourth-order valence-electron chi connectivity index (χ4n) is 2.26. The van der Waals surface area contributed by atoms with Crippen LogP contribution in [0.15, 0.2) is 41.3 Å². The van der Waals surface area contributed by atoms with Crippen LogP contribution in [0.1, 0.15) is 5.56 Å². The van der Waals surface area contributed by atoms with E-state index < -0.39 is 34.1 Å². The number of benzene rings is 2. The summed E-state index contributed by atoms with van der Waals surface area (Å²) in [6, 6.07) is 6.89. The van der Waals surface area contributed by atoms with Gasteiger partial charge >= 0.3 is 0 Å². The van der Waals surface area contributed by atoms with Gasteiger partial charge in [0.2, 0.25) is 15.9 Å².